The van der Waals surface area contributed by atoms with E-state index in [1.807, 2.05) is 24.3 Å². The van der Waals surface area contributed by atoms with E-state index in [0.717, 1.165) is 5.56 Å². The Morgan fingerprint density at radius 3 is 2.64 bits per heavy atom. The van der Waals surface area contributed by atoms with E-state index >= 15 is 0 Å². The van der Waals surface area contributed by atoms with E-state index in [2.05, 4.69) is 0 Å². The molecule has 1 aliphatic rings. The fraction of sp³-hybridized carbons (Fsp3) is 0.333. The van der Waals surface area contributed by atoms with E-state index in [1.54, 1.807) is 0 Å². The molecule has 0 saturated carbocycles. The summed E-state index contributed by atoms with van der Waals surface area (Å²) in [5.74, 6) is 0.704. The van der Waals surface area contributed by atoms with Crippen LogP contribution < -0.4 is 4.74 Å². The third-order valence-electron chi connectivity index (χ3n) is 1.86. The van der Waals surface area contributed by atoms with Gasteiger partial charge in [-0.25, -0.2) is 0 Å². The molecule has 1 atom stereocenters. The van der Waals surface area contributed by atoms with Gasteiger partial charge in [0.1, 0.15) is 5.75 Å². The third-order valence-corrected chi connectivity index (χ3v) is 2.40. The number of ether oxygens (including phenoxy) is 2. The summed E-state index contributed by atoms with van der Waals surface area (Å²) < 4.78 is 9.07. The number of halogens is 3. The lowest BCUT2D eigenvalue weighted by Gasteiger charge is -2.30. The predicted molar refractivity (Wildman–Crippen MR) is 55.9 cm³/mol. The maximum Gasteiger partial charge on any atom is 0.252 e. The number of hydrogen-bond donors (Lipinski definition) is 0. The highest BCUT2D eigenvalue weighted by molar-refractivity contribution is 6.67. The SMILES string of the molecule is ClC(Cl)(Cl)C1OCc2ccccc2O1. The Hall–Kier alpha value is -0.150. The lowest BCUT2D eigenvalue weighted by atomic mass is 10.2. The Balaban J connectivity index is 2.22. The van der Waals surface area contributed by atoms with E-state index in [9.17, 15) is 0 Å². The van der Waals surface area contributed by atoms with Crippen molar-refractivity contribution in [3.05, 3.63) is 29.8 Å². The molecule has 0 N–H and O–H groups in total. The van der Waals surface area contributed by atoms with Gasteiger partial charge in [-0.05, 0) is 6.07 Å². The summed E-state index contributed by atoms with van der Waals surface area (Å²) in [7, 11) is 0. The van der Waals surface area contributed by atoms with Gasteiger partial charge in [-0.3, -0.25) is 0 Å². The molecule has 1 aliphatic heterocycles. The summed E-state index contributed by atoms with van der Waals surface area (Å²) in [6.07, 6.45) is -0.845. The van der Waals surface area contributed by atoms with Crippen molar-refractivity contribution in [2.45, 2.75) is 16.7 Å². The zero-order valence-corrected chi connectivity index (χ0v) is 9.31. The van der Waals surface area contributed by atoms with Crippen LogP contribution in [0.25, 0.3) is 0 Å². The Labute approximate surface area is 96.7 Å². The van der Waals surface area contributed by atoms with E-state index in [1.165, 1.54) is 0 Å². The molecule has 5 heteroatoms. The van der Waals surface area contributed by atoms with Crippen molar-refractivity contribution in [2.75, 3.05) is 0 Å². The van der Waals surface area contributed by atoms with Crippen LogP contribution in [0.4, 0.5) is 0 Å². The quantitative estimate of drug-likeness (QED) is 0.661. The average molecular weight is 254 g/mol. The second kappa shape index (κ2) is 3.78. The number of benzene rings is 1. The minimum atomic E-state index is -1.56. The van der Waals surface area contributed by atoms with Gasteiger partial charge in [0, 0.05) is 5.56 Å². The summed E-state index contributed by atoms with van der Waals surface area (Å²) in [6.45, 7) is 0.398. The largest absolute Gasteiger partial charge is 0.460 e. The average Bonchev–Trinajstić information content (AvgIpc) is 2.16. The molecular formula is C9H7Cl3O2. The zero-order valence-electron chi connectivity index (χ0n) is 7.04. The summed E-state index contributed by atoms with van der Waals surface area (Å²) in [6, 6.07) is 7.49. The maximum atomic E-state index is 5.66. The zero-order chi connectivity index (χ0) is 10.2. The van der Waals surface area contributed by atoms with Crippen molar-refractivity contribution in [3.63, 3.8) is 0 Å². The highest BCUT2D eigenvalue weighted by Crippen LogP contribution is 2.37. The highest BCUT2D eigenvalue weighted by atomic mass is 35.6. The number of fused-ring (bicyclic) bond motifs is 1. The van der Waals surface area contributed by atoms with E-state index < -0.39 is 10.1 Å². The molecule has 0 saturated heterocycles. The maximum absolute atomic E-state index is 5.66. The van der Waals surface area contributed by atoms with Crippen molar-refractivity contribution in [2.24, 2.45) is 0 Å². The molecule has 0 spiro atoms. The second-order valence-electron chi connectivity index (χ2n) is 2.91. The second-order valence-corrected chi connectivity index (χ2v) is 5.28. The van der Waals surface area contributed by atoms with Gasteiger partial charge in [0.2, 0.25) is 6.29 Å². The Morgan fingerprint density at radius 2 is 1.93 bits per heavy atom. The first kappa shape index (κ1) is 10.4. The van der Waals surface area contributed by atoms with Crippen LogP contribution in [0.3, 0.4) is 0 Å². The Bertz CT molecular complexity index is 335. The van der Waals surface area contributed by atoms with Gasteiger partial charge in [0.25, 0.3) is 3.79 Å². The number of rotatable bonds is 0. The molecule has 0 radical (unpaired) electrons. The van der Waals surface area contributed by atoms with Crippen molar-refractivity contribution >= 4 is 34.8 Å². The van der Waals surface area contributed by atoms with Gasteiger partial charge < -0.3 is 9.47 Å². The predicted octanol–water partition coefficient (Wildman–Crippen LogP) is 3.29. The van der Waals surface area contributed by atoms with Crippen LogP contribution in [-0.4, -0.2) is 10.1 Å². The molecule has 1 aromatic carbocycles. The number of hydrogen-bond acceptors (Lipinski definition) is 2. The lowest BCUT2D eigenvalue weighted by Crippen LogP contribution is -2.37. The fourth-order valence-corrected chi connectivity index (χ4v) is 1.54. The van der Waals surface area contributed by atoms with Gasteiger partial charge >= 0.3 is 0 Å². The minimum Gasteiger partial charge on any atom is -0.460 e. The minimum absolute atomic E-state index is 0.398. The molecule has 2 nitrogen and oxygen atoms in total. The monoisotopic (exact) mass is 252 g/mol. The summed E-state index contributed by atoms with van der Waals surface area (Å²) >= 11 is 17.0. The van der Waals surface area contributed by atoms with Crippen LogP contribution >= 0.6 is 34.8 Å². The molecule has 1 unspecified atom stereocenters. The third kappa shape index (κ3) is 2.09. The molecule has 0 fully saturated rings. The van der Waals surface area contributed by atoms with Crippen LogP contribution in [-0.2, 0) is 11.3 Å². The lowest BCUT2D eigenvalue weighted by molar-refractivity contribution is -0.104. The topological polar surface area (TPSA) is 18.5 Å². The molecule has 0 aromatic heterocycles. The normalized spacial score (nSPS) is 21.2. The van der Waals surface area contributed by atoms with Crippen molar-refractivity contribution in [1.29, 1.82) is 0 Å². The first-order valence-corrected chi connectivity index (χ1v) is 5.13. The van der Waals surface area contributed by atoms with Gasteiger partial charge in [-0.2, -0.15) is 0 Å². The van der Waals surface area contributed by atoms with Crippen LogP contribution in [0.1, 0.15) is 5.56 Å². The van der Waals surface area contributed by atoms with Crippen LogP contribution in [0.15, 0.2) is 24.3 Å². The molecule has 0 amide bonds. The fourth-order valence-electron chi connectivity index (χ4n) is 1.21. The smallest absolute Gasteiger partial charge is 0.252 e. The van der Waals surface area contributed by atoms with Crippen LogP contribution in [0.2, 0.25) is 0 Å². The molecule has 76 valence electrons. The molecule has 0 aliphatic carbocycles. The Morgan fingerprint density at radius 1 is 1.21 bits per heavy atom. The number of alkyl halides is 3. The van der Waals surface area contributed by atoms with Crippen LogP contribution in [0, 0.1) is 0 Å². The van der Waals surface area contributed by atoms with Crippen molar-refractivity contribution in [3.8, 4) is 5.75 Å². The van der Waals surface area contributed by atoms with E-state index in [4.69, 9.17) is 44.3 Å². The van der Waals surface area contributed by atoms with Gasteiger partial charge in [-0.15, -0.1) is 0 Å². The molecule has 2 rings (SSSR count). The first-order valence-electron chi connectivity index (χ1n) is 4.00. The number of para-hydroxylation sites is 1. The summed E-state index contributed by atoms with van der Waals surface area (Å²) in [5.41, 5.74) is 0.956. The Kier molecular flexibility index (Phi) is 2.80. The van der Waals surface area contributed by atoms with Crippen molar-refractivity contribution in [1.82, 2.24) is 0 Å². The summed E-state index contributed by atoms with van der Waals surface area (Å²) in [5, 5.41) is 0. The van der Waals surface area contributed by atoms with Crippen LogP contribution in [0.5, 0.6) is 5.75 Å². The van der Waals surface area contributed by atoms with Crippen molar-refractivity contribution < 1.29 is 9.47 Å². The van der Waals surface area contributed by atoms with Gasteiger partial charge in [0.05, 0.1) is 6.61 Å². The molecule has 14 heavy (non-hydrogen) atoms. The molecular weight excluding hydrogens is 246 g/mol. The van der Waals surface area contributed by atoms with Gasteiger partial charge in [-0.1, -0.05) is 53.0 Å². The van der Waals surface area contributed by atoms with E-state index in [-0.39, 0.29) is 0 Å². The summed E-state index contributed by atoms with van der Waals surface area (Å²) in [4.78, 5) is 0. The molecule has 0 bridgehead atoms. The highest BCUT2D eigenvalue weighted by Gasteiger charge is 2.38. The first-order chi connectivity index (χ1) is 6.57. The molecule has 1 aromatic rings. The standard InChI is InChI=1S/C9H7Cl3O2/c10-9(11,12)8-13-5-6-3-1-2-4-7(6)14-8/h1-4,8H,5H2. The molecule has 1 heterocycles. The van der Waals surface area contributed by atoms with Gasteiger partial charge in [0.15, 0.2) is 0 Å². The van der Waals surface area contributed by atoms with E-state index in [0.29, 0.717) is 12.4 Å².